The van der Waals surface area contributed by atoms with Crippen molar-refractivity contribution < 1.29 is 5.11 Å². The van der Waals surface area contributed by atoms with Crippen LogP contribution in [0.2, 0.25) is 0 Å². The molecule has 2 aromatic carbocycles. The first kappa shape index (κ1) is 23.1. The molecule has 0 aliphatic carbocycles. The average Bonchev–Trinajstić information content (AvgIpc) is 2.75. The van der Waals surface area contributed by atoms with E-state index >= 15 is 0 Å². The van der Waals surface area contributed by atoms with Gasteiger partial charge in [-0.05, 0) is 43.6 Å². The van der Waals surface area contributed by atoms with Gasteiger partial charge in [-0.15, -0.1) is 12.4 Å². The zero-order valence-corrected chi connectivity index (χ0v) is 18.1. The molecular weight excluding hydrogens is 380 g/mol. The molecule has 0 spiro atoms. The highest BCUT2D eigenvalue weighted by molar-refractivity contribution is 5.85. The summed E-state index contributed by atoms with van der Waals surface area (Å²) < 4.78 is 0. The van der Waals surface area contributed by atoms with Crippen LogP contribution >= 0.6 is 12.4 Å². The molecule has 3 nitrogen and oxygen atoms in total. The molecule has 0 aliphatic heterocycles. The molecule has 154 valence electrons. The molecule has 3 aromatic rings. The van der Waals surface area contributed by atoms with Crippen LogP contribution < -0.4 is 0 Å². The molecule has 0 amide bonds. The van der Waals surface area contributed by atoms with Crippen LogP contribution in [0.5, 0.6) is 0 Å². The van der Waals surface area contributed by atoms with Crippen molar-refractivity contribution in [1.82, 2.24) is 9.88 Å². The second-order valence-electron chi connectivity index (χ2n) is 7.22. The largest absolute Gasteiger partial charge is 0.387 e. The van der Waals surface area contributed by atoms with Gasteiger partial charge < -0.3 is 10.0 Å². The fourth-order valence-corrected chi connectivity index (χ4v) is 3.53. The third-order valence-electron chi connectivity index (χ3n) is 4.88. The summed E-state index contributed by atoms with van der Waals surface area (Å²) in [6, 6.07) is 24.4. The van der Waals surface area contributed by atoms with Crippen LogP contribution in [0.25, 0.3) is 22.5 Å². The molecule has 3 rings (SSSR count). The lowest BCUT2D eigenvalue weighted by Gasteiger charge is -2.24. The van der Waals surface area contributed by atoms with Gasteiger partial charge in [-0.25, -0.2) is 4.98 Å². The number of aliphatic hydroxyl groups excluding tert-OH is 1. The summed E-state index contributed by atoms with van der Waals surface area (Å²) in [5.41, 5.74) is 4.84. The number of aromatic nitrogens is 1. The van der Waals surface area contributed by atoms with Crippen molar-refractivity contribution in [3.8, 4) is 22.5 Å². The highest BCUT2D eigenvalue weighted by Crippen LogP contribution is 2.28. The fraction of sp³-hybridized carbons (Fsp3) is 0.320. The Kier molecular flexibility index (Phi) is 9.33. The van der Waals surface area contributed by atoms with Crippen LogP contribution in [-0.2, 0) is 0 Å². The first-order valence-corrected chi connectivity index (χ1v) is 10.2. The molecule has 0 bridgehead atoms. The van der Waals surface area contributed by atoms with Gasteiger partial charge in [0.25, 0.3) is 0 Å². The Hall–Kier alpha value is -2.20. The number of benzene rings is 2. The number of pyridine rings is 1. The van der Waals surface area contributed by atoms with Gasteiger partial charge in [0.2, 0.25) is 0 Å². The maximum atomic E-state index is 11.0. The summed E-state index contributed by atoms with van der Waals surface area (Å²) in [6.45, 7) is 7.03. The first-order valence-electron chi connectivity index (χ1n) is 10.2. The molecule has 29 heavy (non-hydrogen) atoms. The molecule has 1 aromatic heterocycles. The van der Waals surface area contributed by atoms with E-state index in [9.17, 15) is 5.11 Å². The smallest absolute Gasteiger partial charge is 0.0918 e. The summed E-state index contributed by atoms with van der Waals surface area (Å²) in [6.07, 6.45) is 1.65. The topological polar surface area (TPSA) is 36.4 Å². The second kappa shape index (κ2) is 11.7. The monoisotopic (exact) mass is 410 g/mol. The van der Waals surface area contributed by atoms with Crippen LogP contribution in [0, 0.1) is 0 Å². The Balaban J connectivity index is 0.00000300. The minimum Gasteiger partial charge on any atom is -0.387 e. The Labute approximate surface area is 180 Å². The predicted octanol–water partition coefficient (Wildman–Crippen LogP) is 5.99. The van der Waals surface area contributed by atoms with Gasteiger partial charge in [-0.3, -0.25) is 0 Å². The summed E-state index contributed by atoms with van der Waals surface area (Å²) >= 11 is 0. The van der Waals surface area contributed by atoms with Gasteiger partial charge in [0, 0.05) is 17.7 Å². The van der Waals surface area contributed by atoms with E-state index in [2.05, 4.69) is 43.0 Å². The summed E-state index contributed by atoms with van der Waals surface area (Å²) in [7, 11) is 0. The van der Waals surface area contributed by atoms with Gasteiger partial charge in [0.05, 0.1) is 17.5 Å². The van der Waals surface area contributed by atoms with Crippen molar-refractivity contribution in [3.05, 3.63) is 78.4 Å². The van der Waals surface area contributed by atoms with Crippen molar-refractivity contribution in [2.24, 2.45) is 0 Å². The lowest BCUT2D eigenvalue weighted by Crippen LogP contribution is -2.30. The van der Waals surface area contributed by atoms with Crippen LogP contribution in [0.4, 0.5) is 0 Å². The minimum atomic E-state index is -0.536. The van der Waals surface area contributed by atoms with Crippen LogP contribution in [0.1, 0.15) is 38.4 Å². The fourth-order valence-electron chi connectivity index (χ4n) is 3.53. The average molecular weight is 411 g/mol. The normalized spacial score (nSPS) is 11.9. The summed E-state index contributed by atoms with van der Waals surface area (Å²) in [5, 5.41) is 11.0. The Morgan fingerprint density at radius 3 is 1.66 bits per heavy atom. The van der Waals surface area contributed by atoms with Crippen LogP contribution in [0.3, 0.4) is 0 Å². The van der Waals surface area contributed by atoms with E-state index in [-0.39, 0.29) is 12.4 Å². The standard InChI is InChI=1S/C25H30N2O.ClH/c1-3-15-27(16-4-2)19-25(28)22-17-23(20-11-7-5-8-12-20)26-24(18-22)21-13-9-6-10-14-21;/h5-14,17-18,25,28H,3-4,15-16,19H2,1-2H3;1H. The van der Waals surface area contributed by atoms with Gasteiger partial charge >= 0.3 is 0 Å². The molecule has 0 saturated carbocycles. The molecule has 1 unspecified atom stereocenters. The van der Waals surface area contributed by atoms with Crippen molar-refractivity contribution in [2.45, 2.75) is 32.8 Å². The highest BCUT2D eigenvalue weighted by Gasteiger charge is 2.16. The van der Waals surface area contributed by atoms with Gasteiger partial charge in [0.15, 0.2) is 0 Å². The molecular formula is C25H31ClN2O. The minimum absolute atomic E-state index is 0. The predicted molar refractivity (Wildman–Crippen MR) is 124 cm³/mol. The van der Waals surface area contributed by atoms with E-state index in [1.165, 1.54) is 0 Å². The van der Waals surface area contributed by atoms with Gasteiger partial charge in [-0.2, -0.15) is 0 Å². The SMILES string of the molecule is CCCN(CCC)CC(O)c1cc(-c2ccccc2)nc(-c2ccccc2)c1.Cl. The van der Waals surface area contributed by atoms with Crippen molar-refractivity contribution >= 4 is 12.4 Å². The molecule has 0 radical (unpaired) electrons. The zero-order chi connectivity index (χ0) is 19.8. The van der Waals surface area contributed by atoms with E-state index in [1.807, 2.05) is 48.5 Å². The van der Waals surface area contributed by atoms with E-state index < -0.39 is 6.10 Å². The first-order chi connectivity index (χ1) is 13.7. The quantitative estimate of drug-likeness (QED) is 0.470. The van der Waals surface area contributed by atoms with Crippen molar-refractivity contribution in [2.75, 3.05) is 19.6 Å². The maximum absolute atomic E-state index is 11.0. The number of aliphatic hydroxyl groups is 1. The number of nitrogens with zero attached hydrogens (tertiary/aromatic N) is 2. The van der Waals surface area contributed by atoms with Crippen molar-refractivity contribution in [1.29, 1.82) is 0 Å². The number of rotatable bonds is 9. The maximum Gasteiger partial charge on any atom is 0.0918 e. The van der Waals surface area contributed by atoms with Gasteiger partial charge in [-0.1, -0.05) is 74.5 Å². The Bertz CT molecular complexity index is 791. The number of hydrogen-bond donors (Lipinski definition) is 1. The third-order valence-corrected chi connectivity index (χ3v) is 4.88. The Morgan fingerprint density at radius 1 is 0.793 bits per heavy atom. The lowest BCUT2D eigenvalue weighted by molar-refractivity contribution is 0.113. The highest BCUT2D eigenvalue weighted by atomic mass is 35.5. The second-order valence-corrected chi connectivity index (χ2v) is 7.22. The zero-order valence-electron chi connectivity index (χ0n) is 17.3. The van der Waals surface area contributed by atoms with E-state index in [0.29, 0.717) is 6.54 Å². The summed E-state index contributed by atoms with van der Waals surface area (Å²) in [5.74, 6) is 0. The molecule has 0 fully saturated rings. The summed E-state index contributed by atoms with van der Waals surface area (Å²) in [4.78, 5) is 7.23. The van der Waals surface area contributed by atoms with Crippen molar-refractivity contribution in [3.63, 3.8) is 0 Å². The number of halogens is 1. The Morgan fingerprint density at radius 2 is 1.24 bits per heavy atom. The molecule has 1 heterocycles. The van der Waals surface area contributed by atoms with E-state index in [0.717, 1.165) is 54.0 Å². The van der Waals surface area contributed by atoms with E-state index in [4.69, 9.17) is 4.98 Å². The lowest BCUT2D eigenvalue weighted by atomic mass is 10.0. The molecule has 1 N–H and O–H groups in total. The molecule has 0 aliphatic rings. The van der Waals surface area contributed by atoms with Crippen LogP contribution in [0.15, 0.2) is 72.8 Å². The van der Waals surface area contributed by atoms with Crippen LogP contribution in [-0.4, -0.2) is 34.6 Å². The van der Waals surface area contributed by atoms with Gasteiger partial charge in [0.1, 0.15) is 0 Å². The molecule has 0 saturated heterocycles. The third kappa shape index (κ3) is 6.40. The number of hydrogen-bond acceptors (Lipinski definition) is 3. The molecule has 4 heteroatoms. The molecule has 1 atom stereocenters. The van der Waals surface area contributed by atoms with E-state index in [1.54, 1.807) is 0 Å².